The minimum absolute atomic E-state index is 0.00290. The highest BCUT2D eigenvalue weighted by Gasteiger charge is 2.48. The van der Waals surface area contributed by atoms with E-state index >= 15 is 0 Å². The number of aliphatic hydroxyl groups excluding tert-OH is 3. The third kappa shape index (κ3) is 9.22. The normalized spacial score (nSPS) is 24.7. The number of imide groups is 1. The number of nitrogens with zero attached hydrogens (tertiary/aromatic N) is 1. The van der Waals surface area contributed by atoms with Crippen LogP contribution in [0.25, 0.3) is 0 Å². The molecule has 4 amide bonds. The summed E-state index contributed by atoms with van der Waals surface area (Å²) in [7, 11) is 0. The van der Waals surface area contributed by atoms with Crippen molar-refractivity contribution >= 4 is 41.3 Å². The number of ether oxygens (including phenoxy) is 3. The van der Waals surface area contributed by atoms with E-state index in [2.05, 4.69) is 10.6 Å². The Morgan fingerprint density at radius 1 is 1.00 bits per heavy atom. The van der Waals surface area contributed by atoms with Gasteiger partial charge in [-0.05, 0) is 23.6 Å². The Bertz CT molecular complexity index is 1320. The first-order chi connectivity index (χ1) is 21.6. The zero-order chi connectivity index (χ0) is 34.3. The van der Waals surface area contributed by atoms with Crippen LogP contribution in [0, 0.1) is 17.8 Å². The second-order valence-corrected chi connectivity index (χ2v) is 11.8. The van der Waals surface area contributed by atoms with Crippen LogP contribution in [0.15, 0.2) is 18.2 Å². The predicted octanol–water partition coefficient (Wildman–Crippen LogP) is -0.477. The SMILES string of the molecule is CC(C)C(=O)OCc1ccc(O[C@@H]2OC(C(=O)O)[C@@H](O)[C@H](O)C2O)c(NC(=O)CCNC(=O)CCN2C(=O)CC(C(C)C)C2=O)c1. The number of hydrogen-bond acceptors (Lipinski definition) is 12. The number of rotatable bonds is 14. The number of anilines is 1. The van der Waals surface area contributed by atoms with Crippen molar-refractivity contribution in [2.45, 2.75) is 84.3 Å². The van der Waals surface area contributed by atoms with Gasteiger partial charge in [-0.25, -0.2) is 4.79 Å². The van der Waals surface area contributed by atoms with E-state index in [0.29, 0.717) is 5.56 Å². The molecule has 3 rings (SSSR count). The van der Waals surface area contributed by atoms with Crippen LogP contribution < -0.4 is 15.4 Å². The van der Waals surface area contributed by atoms with Crippen molar-refractivity contribution in [3.8, 4) is 5.75 Å². The van der Waals surface area contributed by atoms with Gasteiger partial charge in [0.15, 0.2) is 6.10 Å². The average molecular weight is 652 g/mol. The lowest BCUT2D eigenvalue weighted by atomic mass is 9.94. The Morgan fingerprint density at radius 3 is 2.30 bits per heavy atom. The van der Waals surface area contributed by atoms with Crippen molar-refractivity contribution in [1.82, 2.24) is 10.2 Å². The molecular formula is C30H41N3O13. The van der Waals surface area contributed by atoms with Crippen LogP contribution in [0.2, 0.25) is 0 Å². The highest BCUT2D eigenvalue weighted by molar-refractivity contribution is 6.04. The van der Waals surface area contributed by atoms with E-state index in [4.69, 9.17) is 14.2 Å². The summed E-state index contributed by atoms with van der Waals surface area (Å²) < 4.78 is 16.0. The number of hydrogen-bond donors (Lipinski definition) is 6. The minimum atomic E-state index is -1.94. The van der Waals surface area contributed by atoms with Gasteiger partial charge < -0.3 is 45.3 Å². The van der Waals surface area contributed by atoms with Gasteiger partial charge in [-0.15, -0.1) is 0 Å². The Balaban J connectivity index is 1.63. The fraction of sp³-hybridized carbons (Fsp3) is 0.600. The van der Waals surface area contributed by atoms with E-state index in [1.165, 1.54) is 18.2 Å². The molecule has 0 aromatic heterocycles. The summed E-state index contributed by atoms with van der Waals surface area (Å²) in [6.45, 7) is 6.67. The molecule has 2 aliphatic rings. The Hall–Kier alpha value is -4.12. The van der Waals surface area contributed by atoms with E-state index < -0.39 is 60.4 Å². The second-order valence-electron chi connectivity index (χ2n) is 11.8. The maximum absolute atomic E-state index is 12.8. The van der Waals surface area contributed by atoms with E-state index in [-0.39, 0.29) is 74.0 Å². The molecular weight excluding hydrogens is 610 g/mol. The van der Waals surface area contributed by atoms with Gasteiger partial charge in [-0.1, -0.05) is 33.8 Å². The number of likely N-dealkylation sites (tertiary alicyclic amines) is 1. The molecule has 16 nitrogen and oxygen atoms in total. The van der Waals surface area contributed by atoms with Gasteiger partial charge in [0, 0.05) is 38.3 Å². The van der Waals surface area contributed by atoms with Gasteiger partial charge in [0.25, 0.3) is 0 Å². The quantitative estimate of drug-likeness (QED) is 0.110. The number of amides is 4. The zero-order valence-electron chi connectivity index (χ0n) is 26.0. The van der Waals surface area contributed by atoms with Gasteiger partial charge >= 0.3 is 11.9 Å². The van der Waals surface area contributed by atoms with Gasteiger partial charge in [0.1, 0.15) is 30.7 Å². The topological polar surface area (TPSA) is 238 Å². The van der Waals surface area contributed by atoms with Gasteiger partial charge in [-0.3, -0.25) is 28.9 Å². The highest BCUT2D eigenvalue weighted by atomic mass is 16.7. The molecule has 6 atom stereocenters. The van der Waals surface area contributed by atoms with Crippen molar-refractivity contribution in [1.29, 1.82) is 0 Å². The third-order valence-electron chi connectivity index (χ3n) is 7.55. The summed E-state index contributed by atoms with van der Waals surface area (Å²) in [6, 6.07) is 4.22. The van der Waals surface area contributed by atoms with Crippen LogP contribution >= 0.6 is 0 Å². The smallest absolute Gasteiger partial charge is 0.335 e. The van der Waals surface area contributed by atoms with Crippen molar-refractivity contribution in [3.63, 3.8) is 0 Å². The van der Waals surface area contributed by atoms with Crippen LogP contribution in [0.3, 0.4) is 0 Å². The summed E-state index contributed by atoms with van der Waals surface area (Å²) in [6.07, 6.45) is -9.65. The highest BCUT2D eigenvalue weighted by Crippen LogP contribution is 2.31. The molecule has 254 valence electrons. The van der Waals surface area contributed by atoms with Crippen molar-refractivity contribution < 1.29 is 63.4 Å². The Kier molecular flexibility index (Phi) is 12.6. The first-order valence-corrected chi connectivity index (χ1v) is 14.9. The average Bonchev–Trinajstić information content (AvgIpc) is 3.28. The monoisotopic (exact) mass is 651 g/mol. The van der Waals surface area contributed by atoms with Crippen LogP contribution in [-0.2, 0) is 44.8 Å². The number of carbonyl (C=O) groups excluding carboxylic acids is 5. The zero-order valence-corrected chi connectivity index (χ0v) is 26.0. The number of aliphatic hydroxyl groups is 3. The summed E-state index contributed by atoms with van der Waals surface area (Å²) >= 11 is 0. The molecule has 0 saturated carbocycles. The first kappa shape index (κ1) is 36.3. The fourth-order valence-corrected chi connectivity index (χ4v) is 4.76. The standard InChI is InChI=1S/C30H41N3O13/c1-14(2)17-12-22(36)33(27(17)40)10-8-20(34)31-9-7-21(35)32-18-11-16(13-44-29(43)15(3)4)5-6-19(18)45-30-25(39)23(37)24(38)26(46-30)28(41)42/h5-6,11,14-15,17,23-26,30,37-39H,7-10,12-13H2,1-4H3,(H,31,34)(H,32,35)(H,41,42)/t17?,23-,24-,25?,26?,30+/m0/s1. The van der Waals surface area contributed by atoms with Crippen LogP contribution in [-0.4, -0.2) is 105 Å². The first-order valence-electron chi connectivity index (χ1n) is 14.9. The molecule has 3 unspecified atom stereocenters. The summed E-state index contributed by atoms with van der Waals surface area (Å²) in [5, 5.41) is 44.9. The van der Waals surface area contributed by atoms with Gasteiger partial charge in [-0.2, -0.15) is 0 Å². The fourth-order valence-electron chi connectivity index (χ4n) is 4.76. The number of benzene rings is 1. The van der Waals surface area contributed by atoms with Gasteiger partial charge in [0.2, 0.25) is 29.9 Å². The maximum Gasteiger partial charge on any atom is 0.335 e. The summed E-state index contributed by atoms with van der Waals surface area (Å²) in [4.78, 5) is 74.3. The Labute approximate surface area is 265 Å². The van der Waals surface area contributed by atoms with Crippen molar-refractivity contribution in [2.24, 2.45) is 17.8 Å². The van der Waals surface area contributed by atoms with E-state index in [1.807, 2.05) is 13.8 Å². The molecule has 1 aromatic rings. The molecule has 2 heterocycles. The minimum Gasteiger partial charge on any atom is -0.479 e. The lowest BCUT2D eigenvalue weighted by molar-refractivity contribution is -0.271. The maximum atomic E-state index is 12.8. The van der Waals surface area contributed by atoms with Crippen molar-refractivity contribution in [3.05, 3.63) is 23.8 Å². The molecule has 6 N–H and O–H groups in total. The molecule has 0 bridgehead atoms. The number of carbonyl (C=O) groups is 6. The molecule has 1 aromatic carbocycles. The molecule has 0 aliphatic carbocycles. The summed E-state index contributed by atoms with van der Waals surface area (Å²) in [5.74, 6) is -4.70. The number of aliphatic carboxylic acids is 1. The van der Waals surface area contributed by atoms with E-state index in [1.54, 1.807) is 13.8 Å². The number of carboxylic acid groups (broad SMARTS) is 1. The number of nitrogens with one attached hydrogen (secondary N) is 2. The summed E-state index contributed by atoms with van der Waals surface area (Å²) in [5.41, 5.74) is 0.433. The molecule has 2 aliphatic heterocycles. The molecule has 0 radical (unpaired) electrons. The van der Waals surface area contributed by atoms with E-state index in [9.17, 15) is 49.2 Å². The van der Waals surface area contributed by atoms with Crippen LogP contribution in [0.4, 0.5) is 5.69 Å². The van der Waals surface area contributed by atoms with Crippen LogP contribution in [0.1, 0.15) is 52.5 Å². The van der Waals surface area contributed by atoms with Crippen molar-refractivity contribution in [2.75, 3.05) is 18.4 Å². The predicted molar refractivity (Wildman–Crippen MR) is 157 cm³/mol. The lowest BCUT2D eigenvalue weighted by Gasteiger charge is -2.38. The number of carboxylic acids is 1. The number of esters is 1. The van der Waals surface area contributed by atoms with Gasteiger partial charge in [0.05, 0.1) is 11.6 Å². The molecule has 16 heteroatoms. The van der Waals surface area contributed by atoms with E-state index in [0.717, 1.165) is 4.90 Å². The van der Waals surface area contributed by atoms with Crippen LogP contribution in [0.5, 0.6) is 5.75 Å². The molecule has 2 fully saturated rings. The second kappa shape index (κ2) is 15.9. The lowest BCUT2D eigenvalue weighted by Crippen LogP contribution is -2.61. The molecule has 0 spiro atoms. The largest absolute Gasteiger partial charge is 0.479 e. The molecule has 2 saturated heterocycles. The Morgan fingerprint density at radius 2 is 1.70 bits per heavy atom. The molecule has 46 heavy (non-hydrogen) atoms. The third-order valence-corrected chi connectivity index (χ3v) is 7.55.